The average Bonchev–Trinajstić information content (AvgIpc) is 2.46. The molecule has 0 fully saturated rings. The first kappa shape index (κ1) is 14.2. The second kappa shape index (κ2) is 6.81. The molecule has 0 aliphatic heterocycles. The fourth-order valence-corrected chi connectivity index (χ4v) is 3.30. The zero-order valence-corrected chi connectivity index (χ0v) is 11.9. The molecule has 0 spiro atoms. The van der Waals surface area contributed by atoms with Crippen LogP contribution in [0.1, 0.15) is 29.9 Å². The molecule has 2 unspecified atom stereocenters. The highest BCUT2D eigenvalue weighted by Crippen LogP contribution is 2.40. The Labute approximate surface area is 115 Å². The molecule has 2 N–H and O–H groups in total. The average molecular weight is 274 g/mol. The Bertz CT molecular complexity index is 485. The summed E-state index contributed by atoms with van der Waals surface area (Å²) in [6, 6.07) is 20.3. The predicted molar refractivity (Wildman–Crippen MR) is 80.3 cm³/mol. The van der Waals surface area contributed by atoms with Crippen LogP contribution in [0, 0.1) is 0 Å². The summed E-state index contributed by atoms with van der Waals surface area (Å²) in [5.74, 6) is 0.387. The molecule has 0 aliphatic carbocycles. The van der Waals surface area contributed by atoms with Crippen molar-refractivity contribution in [1.82, 2.24) is 0 Å². The lowest BCUT2D eigenvalue weighted by molar-refractivity contribution is 0.468. The first-order valence-corrected chi connectivity index (χ1v) is 7.87. The van der Waals surface area contributed by atoms with Gasteiger partial charge in [-0.15, -0.1) is 0 Å². The lowest BCUT2D eigenvalue weighted by atomic mass is 9.84. The Hall–Kier alpha value is -1.21. The van der Waals surface area contributed by atoms with E-state index < -0.39 is 8.38 Å². The Morgan fingerprint density at radius 1 is 0.842 bits per heavy atom. The molecular weight excluding hydrogens is 255 g/mol. The zero-order valence-electron chi connectivity index (χ0n) is 11.0. The molecule has 2 nitrogen and oxygen atoms in total. The van der Waals surface area contributed by atoms with Gasteiger partial charge in [0.1, 0.15) is 0 Å². The van der Waals surface area contributed by atoms with Crippen LogP contribution in [-0.2, 0) is 0 Å². The quantitative estimate of drug-likeness (QED) is 0.812. The molecule has 19 heavy (non-hydrogen) atoms. The minimum atomic E-state index is -1.89. The van der Waals surface area contributed by atoms with Gasteiger partial charge in [-0.1, -0.05) is 67.6 Å². The molecule has 3 heteroatoms. The van der Waals surface area contributed by atoms with E-state index in [2.05, 4.69) is 31.2 Å². The van der Waals surface area contributed by atoms with Gasteiger partial charge in [0.05, 0.1) is 0 Å². The van der Waals surface area contributed by atoms with Gasteiger partial charge in [-0.2, -0.15) is 0 Å². The maximum atomic E-state index is 9.40. The number of hydrogen-bond donors (Lipinski definition) is 2. The van der Waals surface area contributed by atoms with Gasteiger partial charge in [0, 0.05) is 6.16 Å². The Morgan fingerprint density at radius 2 is 1.32 bits per heavy atom. The van der Waals surface area contributed by atoms with Gasteiger partial charge in [-0.25, -0.2) is 0 Å². The normalized spacial score (nSPS) is 14.3. The lowest BCUT2D eigenvalue weighted by Gasteiger charge is -2.25. The van der Waals surface area contributed by atoms with Crippen molar-refractivity contribution in [3.63, 3.8) is 0 Å². The van der Waals surface area contributed by atoms with E-state index in [1.165, 1.54) is 5.56 Å². The first-order chi connectivity index (χ1) is 9.18. The van der Waals surface area contributed by atoms with E-state index in [1.807, 2.05) is 36.4 Å². The SMILES string of the molecule is CC(c1ccccc1)C(CP(O)O)c1ccccc1. The van der Waals surface area contributed by atoms with Gasteiger partial charge in [0.15, 0.2) is 8.38 Å². The minimum absolute atomic E-state index is 0.129. The van der Waals surface area contributed by atoms with Crippen LogP contribution in [0.25, 0.3) is 0 Å². The third-order valence-electron chi connectivity index (χ3n) is 3.52. The van der Waals surface area contributed by atoms with Crippen LogP contribution in [0.3, 0.4) is 0 Å². The maximum Gasteiger partial charge on any atom is 0.165 e. The Kier molecular flexibility index (Phi) is 5.09. The van der Waals surface area contributed by atoms with Crippen molar-refractivity contribution in [3.8, 4) is 0 Å². The summed E-state index contributed by atoms with van der Waals surface area (Å²) in [5, 5.41) is 0. The van der Waals surface area contributed by atoms with Crippen molar-refractivity contribution < 1.29 is 9.79 Å². The highest BCUT2D eigenvalue weighted by molar-refractivity contribution is 7.45. The van der Waals surface area contributed by atoms with Crippen LogP contribution in [0.4, 0.5) is 0 Å². The van der Waals surface area contributed by atoms with Crippen molar-refractivity contribution in [2.45, 2.75) is 18.8 Å². The number of benzene rings is 2. The molecular formula is C16H19O2P. The van der Waals surface area contributed by atoms with Crippen molar-refractivity contribution >= 4 is 8.38 Å². The smallest absolute Gasteiger partial charge is 0.165 e. The molecule has 2 rings (SSSR count). The van der Waals surface area contributed by atoms with E-state index in [0.29, 0.717) is 6.16 Å². The van der Waals surface area contributed by atoms with Crippen LogP contribution in [0.2, 0.25) is 0 Å². The van der Waals surface area contributed by atoms with E-state index >= 15 is 0 Å². The maximum absolute atomic E-state index is 9.40. The molecule has 2 aromatic carbocycles. The fraction of sp³-hybridized carbons (Fsp3) is 0.250. The third kappa shape index (κ3) is 3.87. The van der Waals surface area contributed by atoms with Gasteiger partial charge in [0.2, 0.25) is 0 Å². The molecule has 0 saturated heterocycles. The van der Waals surface area contributed by atoms with Crippen LogP contribution in [0.5, 0.6) is 0 Å². The van der Waals surface area contributed by atoms with Crippen LogP contribution >= 0.6 is 8.38 Å². The summed E-state index contributed by atoms with van der Waals surface area (Å²) >= 11 is 0. The molecule has 0 heterocycles. The van der Waals surface area contributed by atoms with E-state index in [-0.39, 0.29) is 11.8 Å². The number of hydrogen-bond acceptors (Lipinski definition) is 2. The molecule has 0 radical (unpaired) electrons. The molecule has 2 atom stereocenters. The van der Waals surface area contributed by atoms with Crippen molar-refractivity contribution in [2.75, 3.05) is 6.16 Å². The largest absolute Gasteiger partial charge is 0.350 e. The topological polar surface area (TPSA) is 40.5 Å². The zero-order chi connectivity index (χ0) is 13.7. The van der Waals surface area contributed by atoms with Crippen molar-refractivity contribution in [3.05, 3.63) is 71.8 Å². The van der Waals surface area contributed by atoms with Gasteiger partial charge in [-0.05, 0) is 23.0 Å². The van der Waals surface area contributed by atoms with E-state index in [4.69, 9.17) is 0 Å². The molecule has 0 aromatic heterocycles. The molecule has 2 aromatic rings. The highest BCUT2D eigenvalue weighted by Gasteiger charge is 2.23. The van der Waals surface area contributed by atoms with Gasteiger partial charge < -0.3 is 9.79 Å². The van der Waals surface area contributed by atoms with Gasteiger partial charge in [-0.3, -0.25) is 0 Å². The monoisotopic (exact) mass is 274 g/mol. The van der Waals surface area contributed by atoms with Gasteiger partial charge in [0.25, 0.3) is 0 Å². The fourth-order valence-electron chi connectivity index (χ4n) is 2.42. The Balaban J connectivity index is 2.28. The molecule has 0 saturated carbocycles. The standard InChI is InChI=1S/C16H19O2P/c1-13(14-8-4-2-5-9-14)16(12-19(17)18)15-10-6-3-7-11-15/h2-11,13,16-18H,12H2,1H3. The van der Waals surface area contributed by atoms with Crippen molar-refractivity contribution in [2.24, 2.45) is 0 Å². The highest BCUT2D eigenvalue weighted by atomic mass is 31.2. The summed E-state index contributed by atoms with van der Waals surface area (Å²) in [5.41, 5.74) is 2.39. The van der Waals surface area contributed by atoms with Crippen molar-refractivity contribution in [1.29, 1.82) is 0 Å². The first-order valence-electron chi connectivity index (χ1n) is 6.43. The molecule has 0 amide bonds. The summed E-state index contributed by atoms with van der Waals surface area (Å²) in [7, 11) is -1.89. The second-order valence-electron chi connectivity index (χ2n) is 4.77. The van der Waals surface area contributed by atoms with E-state index in [9.17, 15) is 9.79 Å². The lowest BCUT2D eigenvalue weighted by Crippen LogP contribution is -2.12. The van der Waals surface area contributed by atoms with Crippen LogP contribution in [0.15, 0.2) is 60.7 Å². The van der Waals surface area contributed by atoms with E-state index in [1.54, 1.807) is 0 Å². The summed E-state index contributed by atoms with van der Waals surface area (Å²) < 4.78 is 0. The minimum Gasteiger partial charge on any atom is -0.350 e. The van der Waals surface area contributed by atoms with E-state index in [0.717, 1.165) is 5.56 Å². The molecule has 0 aliphatic rings. The number of rotatable bonds is 5. The van der Waals surface area contributed by atoms with Gasteiger partial charge >= 0.3 is 0 Å². The molecule has 0 bridgehead atoms. The summed E-state index contributed by atoms with van der Waals surface area (Å²) in [4.78, 5) is 18.8. The Morgan fingerprint density at radius 3 is 1.79 bits per heavy atom. The summed E-state index contributed by atoms with van der Waals surface area (Å²) in [6.07, 6.45) is 0.412. The summed E-state index contributed by atoms with van der Waals surface area (Å²) in [6.45, 7) is 2.14. The second-order valence-corrected chi connectivity index (χ2v) is 5.88. The van der Waals surface area contributed by atoms with Crippen LogP contribution < -0.4 is 0 Å². The molecule has 100 valence electrons. The third-order valence-corrected chi connectivity index (χ3v) is 4.24. The predicted octanol–water partition coefficient (Wildman–Crippen LogP) is 3.87. The van der Waals surface area contributed by atoms with Crippen LogP contribution in [-0.4, -0.2) is 15.9 Å².